The molecule has 0 radical (unpaired) electrons. The van der Waals surface area contributed by atoms with Crippen molar-refractivity contribution < 1.29 is 19.4 Å². The van der Waals surface area contributed by atoms with Crippen molar-refractivity contribution in [1.82, 2.24) is 10.6 Å². The lowest BCUT2D eigenvalue weighted by atomic mass is 9.86. The van der Waals surface area contributed by atoms with Crippen LogP contribution in [-0.4, -0.2) is 43.4 Å². The van der Waals surface area contributed by atoms with E-state index in [1.165, 1.54) is 0 Å². The first-order valence-corrected chi connectivity index (χ1v) is 7.39. The quantitative estimate of drug-likeness (QED) is 0.593. The smallest absolute Gasteiger partial charge is 0.315 e. The summed E-state index contributed by atoms with van der Waals surface area (Å²) in [5.74, 6) is -1.07. The molecule has 1 aliphatic carbocycles. The number of ether oxygens (including phenoxy) is 1. The molecule has 0 aromatic heterocycles. The average molecular weight is 286 g/mol. The summed E-state index contributed by atoms with van der Waals surface area (Å²) in [4.78, 5) is 22.6. The Morgan fingerprint density at radius 2 is 2.05 bits per heavy atom. The number of nitrogens with one attached hydrogen (secondary N) is 2. The van der Waals surface area contributed by atoms with E-state index >= 15 is 0 Å². The van der Waals surface area contributed by atoms with Crippen LogP contribution in [-0.2, 0) is 9.53 Å². The van der Waals surface area contributed by atoms with Gasteiger partial charge in [0.05, 0.1) is 5.92 Å². The predicted molar refractivity (Wildman–Crippen MR) is 75.6 cm³/mol. The van der Waals surface area contributed by atoms with E-state index in [4.69, 9.17) is 9.84 Å². The van der Waals surface area contributed by atoms with Crippen LogP contribution in [0, 0.1) is 5.92 Å². The summed E-state index contributed by atoms with van der Waals surface area (Å²) >= 11 is 0. The highest BCUT2D eigenvalue weighted by Gasteiger charge is 2.27. The van der Waals surface area contributed by atoms with Crippen molar-refractivity contribution in [1.29, 1.82) is 0 Å². The molecular weight excluding hydrogens is 260 g/mol. The van der Waals surface area contributed by atoms with Gasteiger partial charge in [-0.2, -0.15) is 0 Å². The van der Waals surface area contributed by atoms with Crippen LogP contribution in [0.1, 0.15) is 44.9 Å². The number of hydrogen-bond donors (Lipinski definition) is 3. The van der Waals surface area contributed by atoms with Gasteiger partial charge in [-0.15, -0.1) is 0 Å². The number of carboxylic acid groups (broad SMARTS) is 1. The van der Waals surface area contributed by atoms with Gasteiger partial charge in [0.1, 0.15) is 0 Å². The van der Waals surface area contributed by atoms with Crippen molar-refractivity contribution in [3.05, 3.63) is 0 Å². The van der Waals surface area contributed by atoms with Crippen molar-refractivity contribution >= 4 is 12.0 Å². The Bertz CT molecular complexity index is 310. The molecule has 2 amide bonds. The maximum atomic E-state index is 11.7. The molecule has 0 aliphatic heterocycles. The highest BCUT2D eigenvalue weighted by Crippen LogP contribution is 2.24. The van der Waals surface area contributed by atoms with Crippen LogP contribution in [0.5, 0.6) is 0 Å². The first kappa shape index (κ1) is 16.8. The number of aliphatic carboxylic acids is 1. The molecule has 0 bridgehead atoms. The van der Waals surface area contributed by atoms with Gasteiger partial charge in [-0.1, -0.05) is 6.42 Å². The maximum absolute atomic E-state index is 11.7. The largest absolute Gasteiger partial charge is 0.481 e. The molecule has 2 unspecified atom stereocenters. The zero-order valence-electron chi connectivity index (χ0n) is 12.2. The third-order valence-corrected chi connectivity index (χ3v) is 3.67. The summed E-state index contributed by atoms with van der Waals surface area (Å²) in [5, 5.41) is 14.7. The molecule has 0 spiro atoms. The van der Waals surface area contributed by atoms with E-state index < -0.39 is 5.97 Å². The number of urea groups is 1. The molecule has 0 heterocycles. The van der Waals surface area contributed by atoms with Crippen molar-refractivity contribution in [3.8, 4) is 0 Å². The van der Waals surface area contributed by atoms with Crippen molar-refractivity contribution in [2.24, 2.45) is 5.92 Å². The monoisotopic (exact) mass is 286 g/mol. The second-order valence-electron chi connectivity index (χ2n) is 5.35. The van der Waals surface area contributed by atoms with Crippen molar-refractivity contribution in [2.45, 2.75) is 51.0 Å². The maximum Gasteiger partial charge on any atom is 0.315 e. The Hall–Kier alpha value is -1.30. The summed E-state index contributed by atoms with van der Waals surface area (Å²) in [6.07, 6.45) is 5.94. The molecule has 1 rings (SSSR count). The van der Waals surface area contributed by atoms with Gasteiger partial charge in [-0.3, -0.25) is 4.79 Å². The fourth-order valence-electron chi connectivity index (χ4n) is 2.53. The van der Waals surface area contributed by atoms with Gasteiger partial charge >= 0.3 is 12.0 Å². The minimum Gasteiger partial charge on any atom is -0.481 e. The third-order valence-electron chi connectivity index (χ3n) is 3.67. The van der Waals surface area contributed by atoms with Crippen LogP contribution in [0.3, 0.4) is 0 Å². The highest BCUT2D eigenvalue weighted by molar-refractivity contribution is 5.74. The summed E-state index contributed by atoms with van der Waals surface area (Å²) in [6.45, 7) is 1.40. The summed E-state index contributed by atoms with van der Waals surface area (Å²) < 4.78 is 4.95. The van der Waals surface area contributed by atoms with Crippen LogP contribution in [0.4, 0.5) is 4.79 Å². The van der Waals surface area contributed by atoms with Crippen molar-refractivity contribution in [3.63, 3.8) is 0 Å². The van der Waals surface area contributed by atoms with Crippen LogP contribution in [0.25, 0.3) is 0 Å². The van der Waals surface area contributed by atoms with Gasteiger partial charge in [0, 0.05) is 26.3 Å². The summed E-state index contributed by atoms with van der Waals surface area (Å²) in [6, 6.07) is -0.203. The topological polar surface area (TPSA) is 87.7 Å². The first-order chi connectivity index (χ1) is 9.63. The van der Waals surface area contributed by atoms with E-state index in [1.807, 2.05) is 0 Å². The Morgan fingerprint density at radius 1 is 1.25 bits per heavy atom. The Morgan fingerprint density at radius 3 is 2.75 bits per heavy atom. The minimum atomic E-state index is -0.755. The molecule has 6 heteroatoms. The summed E-state index contributed by atoms with van der Waals surface area (Å²) in [5.41, 5.74) is 0. The number of unbranched alkanes of at least 4 members (excludes halogenated alkanes) is 2. The molecule has 3 N–H and O–H groups in total. The number of rotatable bonds is 8. The van der Waals surface area contributed by atoms with Gasteiger partial charge in [0.2, 0.25) is 0 Å². The molecule has 1 saturated carbocycles. The lowest BCUT2D eigenvalue weighted by Gasteiger charge is -2.27. The van der Waals surface area contributed by atoms with Crippen molar-refractivity contribution in [2.75, 3.05) is 20.3 Å². The molecule has 2 atom stereocenters. The van der Waals surface area contributed by atoms with Gasteiger partial charge in [0.25, 0.3) is 0 Å². The standard InChI is InChI=1S/C14H26N2O4/c1-20-9-4-2-3-8-15-14(19)16-12-7-5-6-11(10-12)13(17)18/h11-12H,2-10H2,1H3,(H,17,18)(H2,15,16,19). The molecule has 0 aromatic carbocycles. The van der Waals surface area contributed by atoms with E-state index in [0.29, 0.717) is 19.4 Å². The third kappa shape index (κ3) is 6.75. The van der Waals surface area contributed by atoms with Crippen LogP contribution >= 0.6 is 0 Å². The molecule has 1 fully saturated rings. The van der Waals surface area contributed by atoms with E-state index in [9.17, 15) is 9.59 Å². The fraction of sp³-hybridized carbons (Fsp3) is 0.857. The highest BCUT2D eigenvalue weighted by atomic mass is 16.5. The normalized spacial score (nSPS) is 22.2. The van der Waals surface area contributed by atoms with Crippen LogP contribution in [0.15, 0.2) is 0 Å². The van der Waals surface area contributed by atoms with Crippen LogP contribution < -0.4 is 10.6 Å². The van der Waals surface area contributed by atoms with E-state index in [-0.39, 0.29) is 18.0 Å². The van der Waals surface area contributed by atoms with Gasteiger partial charge in [0.15, 0.2) is 0 Å². The van der Waals surface area contributed by atoms with Gasteiger partial charge in [-0.05, 0) is 38.5 Å². The number of carbonyl (C=O) groups is 2. The number of carbonyl (C=O) groups excluding carboxylic acids is 1. The summed E-state index contributed by atoms with van der Waals surface area (Å²) in [7, 11) is 1.68. The second-order valence-corrected chi connectivity index (χ2v) is 5.35. The molecule has 116 valence electrons. The Labute approximate surface area is 120 Å². The number of carboxylic acids is 1. The van der Waals surface area contributed by atoms with E-state index in [0.717, 1.165) is 38.7 Å². The van der Waals surface area contributed by atoms with E-state index in [2.05, 4.69) is 10.6 Å². The van der Waals surface area contributed by atoms with Gasteiger partial charge < -0.3 is 20.5 Å². The fourth-order valence-corrected chi connectivity index (χ4v) is 2.53. The number of methoxy groups -OCH3 is 1. The predicted octanol–water partition coefficient (Wildman–Crippen LogP) is 1.75. The minimum absolute atomic E-state index is 0.0154. The van der Waals surface area contributed by atoms with Gasteiger partial charge in [-0.25, -0.2) is 4.79 Å². The number of amides is 2. The first-order valence-electron chi connectivity index (χ1n) is 7.39. The Kier molecular flexibility index (Phi) is 8.02. The van der Waals surface area contributed by atoms with Crippen LogP contribution in [0.2, 0.25) is 0 Å². The molecule has 20 heavy (non-hydrogen) atoms. The zero-order chi connectivity index (χ0) is 14.8. The molecule has 0 aromatic rings. The molecular formula is C14H26N2O4. The Balaban J connectivity index is 2.10. The molecule has 1 aliphatic rings. The lowest BCUT2D eigenvalue weighted by molar-refractivity contribution is -0.143. The SMILES string of the molecule is COCCCCCNC(=O)NC1CCCC(C(=O)O)C1. The molecule has 0 saturated heterocycles. The zero-order valence-corrected chi connectivity index (χ0v) is 12.2. The van der Waals surface area contributed by atoms with E-state index in [1.54, 1.807) is 7.11 Å². The average Bonchev–Trinajstić information content (AvgIpc) is 2.43. The second kappa shape index (κ2) is 9.58. The number of hydrogen-bond acceptors (Lipinski definition) is 3. The molecule has 6 nitrogen and oxygen atoms in total. The lowest BCUT2D eigenvalue weighted by Crippen LogP contribution is -2.45.